The maximum atomic E-state index is 12.5. The van der Waals surface area contributed by atoms with E-state index in [1.165, 1.54) is 0 Å². The van der Waals surface area contributed by atoms with Crippen molar-refractivity contribution in [1.29, 1.82) is 0 Å². The SMILES string of the molecule is CCc1nn(CC)c(CC(=O)c2c(Cl)cccc2Cl)c1Cl. The molecular weight excluding hydrogens is 331 g/mol. The molecule has 0 saturated heterocycles. The summed E-state index contributed by atoms with van der Waals surface area (Å²) >= 11 is 18.5. The number of hydrogen-bond donors (Lipinski definition) is 0. The Balaban J connectivity index is 2.38. The summed E-state index contributed by atoms with van der Waals surface area (Å²) in [5.74, 6) is -0.162. The van der Waals surface area contributed by atoms with Gasteiger partial charge in [0, 0.05) is 6.54 Å². The first-order chi connectivity index (χ1) is 9.99. The molecular formula is C15H15Cl3N2O. The molecule has 0 spiro atoms. The van der Waals surface area contributed by atoms with E-state index in [9.17, 15) is 4.79 Å². The fourth-order valence-corrected chi connectivity index (χ4v) is 3.13. The van der Waals surface area contributed by atoms with Crippen LogP contribution in [0.1, 0.15) is 35.6 Å². The number of halogens is 3. The molecule has 2 rings (SSSR count). The molecule has 0 unspecified atom stereocenters. The minimum atomic E-state index is -0.162. The van der Waals surface area contributed by atoms with Gasteiger partial charge in [-0.15, -0.1) is 0 Å². The topological polar surface area (TPSA) is 34.9 Å². The first-order valence-electron chi connectivity index (χ1n) is 6.70. The Morgan fingerprint density at radius 2 is 1.81 bits per heavy atom. The van der Waals surface area contributed by atoms with Gasteiger partial charge in [-0.2, -0.15) is 5.10 Å². The molecule has 0 saturated carbocycles. The van der Waals surface area contributed by atoms with Gasteiger partial charge in [0.15, 0.2) is 5.78 Å². The van der Waals surface area contributed by atoms with Crippen molar-refractivity contribution >= 4 is 40.6 Å². The molecule has 21 heavy (non-hydrogen) atoms. The fraction of sp³-hybridized carbons (Fsp3) is 0.333. The highest BCUT2D eigenvalue weighted by atomic mass is 35.5. The van der Waals surface area contributed by atoms with Gasteiger partial charge in [0.05, 0.1) is 38.4 Å². The zero-order valence-electron chi connectivity index (χ0n) is 11.8. The van der Waals surface area contributed by atoms with Crippen LogP contribution in [0.4, 0.5) is 0 Å². The summed E-state index contributed by atoms with van der Waals surface area (Å²) in [7, 11) is 0. The van der Waals surface area contributed by atoms with Gasteiger partial charge in [-0.05, 0) is 25.5 Å². The highest BCUT2D eigenvalue weighted by Gasteiger charge is 2.21. The van der Waals surface area contributed by atoms with Crippen LogP contribution in [0.2, 0.25) is 15.1 Å². The lowest BCUT2D eigenvalue weighted by molar-refractivity contribution is 0.0991. The lowest BCUT2D eigenvalue weighted by Crippen LogP contribution is -2.11. The molecule has 0 atom stereocenters. The Kier molecular flexibility index (Phi) is 5.31. The van der Waals surface area contributed by atoms with Crippen LogP contribution >= 0.6 is 34.8 Å². The molecule has 1 aromatic heterocycles. The number of aryl methyl sites for hydroxylation is 2. The van der Waals surface area contributed by atoms with Crippen LogP contribution in [0.25, 0.3) is 0 Å². The number of Topliss-reactive ketones (excluding diaryl/α,β-unsaturated/α-hetero) is 1. The van der Waals surface area contributed by atoms with Gasteiger partial charge in [-0.3, -0.25) is 9.48 Å². The highest BCUT2D eigenvalue weighted by Crippen LogP contribution is 2.28. The average Bonchev–Trinajstić information content (AvgIpc) is 2.75. The van der Waals surface area contributed by atoms with Gasteiger partial charge >= 0.3 is 0 Å². The molecule has 6 heteroatoms. The predicted octanol–water partition coefficient (Wildman–Crippen LogP) is 4.85. The second kappa shape index (κ2) is 6.82. The van der Waals surface area contributed by atoms with E-state index < -0.39 is 0 Å². The Labute approximate surface area is 138 Å². The van der Waals surface area contributed by atoms with Crippen molar-refractivity contribution in [2.24, 2.45) is 0 Å². The Morgan fingerprint density at radius 3 is 2.33 bits per heavy atom. The summed E-state index contributed by atoms with van der Waals surface area (Å²) in [5, 5.41) is 5.65. The van der Waals surface area contributed by atoms with Crippen LogP contribution in [0.15, 0.2) is 18.2 Å². The number of benzene rings is 1. The van der Waals surface area contributed by atoms with Gasteiger partial charge in [-0.1, -0.05) is 47.8 Å². The molecule has 1 aromatic carbocycles. The van der Waals surface area contributed by atoms with Crippen LogP contribution in [0, 0.1) is 0 Å². The number of carbonyl (C=O) groups excluding carboxylic acids is 1. The maximum Gasteiger partial charge on any atom is 0.171 e. The summed E-state index contributed by atoms with van der Waals surface area (Å²) in [6.45, 7) is 4.59. The summed E-state index contributed by atoms with van der Waals surface area (Å²) in [6, 6.07) is 5.01. The molecule has 0 fully saturated rings. The van der Waals surface area contributed by atoms with Crippen molar-refractivity contribution in [3.8, 4) is 0 Å². The number of rotatable bonds is 5. The van der Waals surface area contributed by atoms with E-state index in [0.29, 0.717) is 32.9 Å². The van der Waals surface area contributed by atoms with E-state index >= 15 is 0 Å². The van der Waals surface area contributed by atoms with E-state index in [1.807, 2.05) is 13.8 Å². The Bertz CT molecular complexity index is 660. The smallest absolute Gasteiger partial charge is 0.171 e. The van der Waals surface area contributed by atoms with E-state index in [0.717, 1.165) is 12.1 Å². The van der Waals surface area contributed by atoms with Crippen molar-refractivity contribution < 1.29 is 4.79 Å². The van der Waals surface area contributed by atoms with Crippen molar-refractivity contribution in [1.82, 2.24) is 9.78 Å². The molecule has 2 aromatic rings. The Hall–Kier alpha value is -1.03. The minimum absolute atomic E-state index is 0.128. The van der Waals surface area contributed by atoms with Gasteiger partial charge < -0.3 is 0 Å². The third kappa shape index (κ3) is 3.25. The fourth-order valence-electron chi connectivity index (χ4n) is 2.19. The third-order valence-corrected chi connectivity index (χ3v) is 4.33. The number of carbonyl (C=O) groups is 1. The van der Waals surface area contributed by atoms with Crippen LogP contribution < -0.4 is 0 Å². The number of nitrogens with zero attached hydrogens (tertiary/aromatic N) is 2. The number of hydrogen-bond acceptors (Lipinski definition) is 2. The molecule has 0 aliphatic carbocycles. The second-order valence-corrected chi connectivity index (χ2v) is 5.77. The summed E-state index contributed by atoms with van der Waals surface area (Å²) in [4.78, 5) is 12.5. The molecule has 0 N–H and O–H groups in total. The van der Waals surface area contributed by atoms with Crippen molar-refractivity contribution in [2.75, 3.05) is 0 Å². The zero-order valence-corrected chi connectivity index (χ0v) is 14.1. The standard InChI is InChI=1S/C15H15Cl3N2O/c1-3-11-15(18)12(20(4-2)19-11)8-13(21)14-9(16)6-5-7-10(14)17/h5-7H,3-4,8H2,1-2H3. The van der Waals surface area contributed by atoms with Gasteiger partial charge in [0.25, 0.3) is 0 Å². The van der Waals surface area contributed by atoms with Gasteiger partial charge in [0.2, 0.25) is 0 Å². The molecule has 112 valence electrons. The van der Waals surface area contributed by atoms with Crippen LogP contribution in [-0.2, 0) is 19.4 Å². The van der Waals surface area contributed by atoms with Crippen molar-refractivity contribution in [2.45, 2.75) is 33.2 Å². The van der Waals surface area contributed by atoms with Crippen LogP contribution in [0.5, 0.6) is 0 Å². The lowest BCUT2D eigenvalue weighted by Gasteiger charge is -2.08. The minimum Gasteiger partial charge on any atom is -0.294 e. The molecule has 0 aliphatic heterocycles. The number of aromatic nitrogens is 2. The van der Waals surface area contributed by atoms with Crippen LogP contribution in [0.3, 0.4) is 0 Å². The Morgan fingerprint density at radius 1 is 1.19 bits per heavy atom. The zero-order chi connectivity index (χ0) is 15.6. The van der Waals surface area contributed by atoms with E-state index in [2.05, 4.69) is 5.10 Å². The second-order valence-electron chi connectivity index (χ2n) is 4.57. The molecule has 0 radical (unpaired) electrons. The average molecular weight is 346 g/mol. The van der Waals surface area contributed by atoms with Crippen LogP contribution in [-0.4, -0.2) is 15.6 Å². The predicted molar refractivity (Wildman–Crippen MR) is 86.8 cm³/mol. The van der Waals surface area contributed by atoms with Gasteiger partial charge in [0.1, 0.15) is 0 Å². The molecule has 1 heterocycles. The van der Waals surface area contributed by atoms with Crippen molar-refractivity contribution in [3.05, 3.63) is 50.2 Å². The normalized spacial score (nSPS) is 10.9. The van der Waals surface area contributed by atoms with Gasteiger partial charge in [-0.25, -0.2) is 0 Å². The number of ketones is 1. The highest BCUT2D eigenvalue weighted by molar-refractivity contribution is 6.40. The molecule has 0 bridgehead atoms. The first-order valence-corrected chi connectivity index (χ1v) is 7.84. The van der Waals surface area contributed by atoms with E-state index in [-0.39, 0.29) is 12.2 Å². The summed E-state index contributed by atoms with van der Waals surface area (Å²) < 4.78 is 1.75. The lowest BCUT2D eigenvalue weighted by atomic mass is 10.1. The first kappa shape index (κ1) is 16.3. The molecule has 0 amide bonds. The molecule has 0 aliphatic rings. The monoisotopic (exact) mass is 344 g/mol. The molecule has 3 nitrogen and oxygen atoms in total. The van der Waals surface area contributed by atoms with Crippen molar-refractivity contribution in [3.63, 3.8) is 0 Å². The summed E-state index contributed by atoms with van der Waals surface area (Å²) in [6.07, 6.45) is 0.850. The maximum absolute atomic E-state index is 12.5. The van der Waals surface area contributed by atoms with E-state index in [4.69, 9.17) is 34.8 Å². The van der Waals surface area contributed by atoms with E-state index in [1.54, 1.807) is 22.9 Å². The third-order valence-electron chi connectivity index (χ3n) is 3.26. The largest absolute Gasteiger partial charge is 0.294 e. The quantitative estimate of drug-likeness (QED) is 0.726. The summed E-state index contributed by atoms with van der Waals surface area (Å²) in [5.41, 5.74) is 1.84.